The van der Waals surface area contributed by atoms with Crippen LogP contribution in [0.5, 0.6) is 0 Å². The lowest BCUT2D eigenvalue weighted by atomic mass is 10.0. The van der Waals surface area contributed by atoms with E-state index in [4.69, 9.17) is 0 Å². The van der Waals surface area contributed by atoms with Crippen molar-refractivity contribution < 1.29 is 0 Å². The lowest BCUT2D eigenvalue weighted by molar-refractivity contribution is 1.28. The molecule has 0 aliphatic rings. The van der Waals surface area contributed by atoms with Crippen molar-refractivity contribution in [1.82, 2.24) is 0 Å². The van der Waals surface area contributed by atoms with E-state index in [0.717, 1.165) is 45.3 Å². The molecule has 0 aliphatic heterocycles. The van der Waals surface area contributed by atoms with E-state index in [2.05, 4.69) is 229 Å². The number of fused-ring (bicyclic) bond motifs is 1. The Kier molecular flexibility index (Phi) is 8.96. The van der Waals surface area contributed by atoms with Gasteiger partial charge in [0.05, 0.1) is 0 Å². The Balaban J connectivity index is 0.998. The summed E-state index contributed by atoms with van der Waals surface area (Å²) in [6.07, 6.45) is 4.35. The maximum absolute atomic E-state index is 2.33. The fourth-order valence-electron chi connectivity index (χ4n) is 6.57. The molecular weight excluding hydrogens is 617 g/mol. The third kappa shape index (κ3) is 7.08. The number of anilines is 6. The van der Waals surface area contributed by atoms with E-state index in [0.29, 0.717) is 0 Å². The third-order valence-electron chi connectivity index (χ3n) is 9.30. The summed E-state index contributed by atoms with van der Waals surface area (Å²) in [7, 11) is 0. The summed E-state index contributed by atoms with van der Waals surface area (Å²) in [5.74, 6) is 0. The molecule has 51 heavy (non-hydrogen) atoms. The van der Waals surface area contributed by atoms with Crippen LogP contribution in [-0.4, -0.2) is 0 Å². The van der Waals surface area contributed by atoms with E-state index in [9.17, 15) is 0 Å². The van der Waals surface area contributed by atoms with E-state index >= 15 is 0 Å². The van der Waals surface area contributed by atoms with Gasteiger partial charge < -0.3 is 9.80 Å². The second-order valence-electron chi connectivity index (χ2n) is 12.8. The van der Waals surface area contributed by atoms with Gasteiger partial charge >= 0.3 is 0 Å². The molecule has 0 spiro atoms. The number of hydrogen-bond donors (Lipinski definition) is 0. The van der Waals surface area contributed by atoms with E-state index < -0.39 is 0 Å². The second kappa shape index (κ2) is 14.5. The highest BCUT2D eigenvalue weighted by Crippen LogP contribution is 2.38. The Hall–Kier alpha value is -6.64. The second-order valence-corrected chi connectivity index (χ2v) is 12.8. The third-order valence-corrected chi connectivity index (χ3v) is 9.30. The first-order valence-corrected chi connectivity index (χ1v) is 17.4. The van der Waals surface area contributed by atoms with Crippen LogP contribution in [0.15, 0.2) is 200 Å². The monoisotopic (exact) mass is 654 g/mol. The molecule has 0 unspecified atom stereocenters. The first-order chi connectivity index (χ1) is 25.2. The van der Waals surface area contributed by atoms with Crippen LogP contribution in [0, 0.1) is 6.92 Å². The van der Waals surface area contributed by atoms with Gasteiger partial charge in [0.1, 0.15) is 0 Å². The van der Waals surface area contributed by atoms with E-state index in [1.807, 2.05) is 0 Å². The highest BCUT2D eigenvalue weighted by Gasteiger charge is 2.14. The van der Waals surface area contributed by atoms with Crippen LogP contribution in [0.25, 0.3) is 34.1 Å². The zero-order valence-corrected chi connectivity index (χ0v) is 28.6. The number of nitrogens with zero attached hydrogens (tertiary/aromatic N) is 2. The maximum atomic E-state index is 2.33. The molecule has 0 aromatic heterocycles. The van der Waals surface area contributed by atoms with Crippen molar-refractivity contribution >= 4 is 57.0 Å². The average Bonchev–Trinajstić information content (AvgIpc) is 3.20. The topological polar surface area (TPSA) is 6.48 Å². The molecule has 0 fully saturated rings. The molecule has 0 amide bonds. The molecule has 244 valence electrons. The molecule has 8 aromatic carbocycles. The predicted molar refractivity (Wildman–Crippen MR) is 219 cm³/mol. The lowest BCUT2D eigenvalue weighted by Gasteiger charge is -2.26. The minimum Gasteiger partial charge on any atom is -0.311 e. The molecule has 0 aliphatic carbocycles. The summed E-state index contributed by atoms with van der Waals surface area (Å²) in [6.45, 7) is 2.13. The normalized spacial score (nSPS) is 11.2. The van der Waals surface area contributed by atoms with Crippen LogP contribution in [0.4, 0.5) is 34.1 Å². The summed E-state index contributed by atoms with van der Waals surface area (Å²) >= 11 is 0. The number of hydrogen-bond acceptors (Lipinski definition) is 2. The first kappa shape index (κ1) is 31.6. The molecule has 8 rings (SSSR count). The molecular formula is C49H38N2. The minimum absolute atomic E-state index is 1.12. The van der Waals surface area contributed by atoms with Gasteiger partial charge in [0.25, 0.3) is 0 Å². The summed E-state index contributed by atoms with van der Waals surface area (Å²) in [4.78, 5) is 4.61. The Morgan fingerprint density at radius 2 is 0.686 bits per heavy atom. The van der Waals surface area contributed by atoms with Gasteiger partial charge in [-0.15, -0.1) is 0 Å². The van der Waals surface area contributed by atoms with Crippen molar-refractivity contribution in [2.75, 3.05) is 9.80 Å². The molecule has 0 atom stereocenters. The molecule has 0 heterocycles. The molecule has 0 saturated heterocycles. The van der Waals surface area contributed by atoms with E-state index in [-0.39, 0.29) is 0 Å². The molecule has 0 radical (unpaired) electrons. The standard InChI is InChI=1S/C49H38N2/c1-37-16-29-46(30-17-37)51(49-35-28-40-10-8-9-11-43(40)36-49)48-33-26-42(27-34-48)41-24-20-38(21-25-41)18-19-39-22-31-47(32-23-39)50(44-12-4-2-5-13-44)45-14-6-3-7-15-45/h2-36H,1H3. The molecule has 2 heteroatoms. The highest BCUT2D eigenvalue weighted by atomic mass is 15.1. The van der Waals surface area contributed by atoms with Crippen LogP contribution in [-0.2, 0) is 0 Å². The van der Waals surface area contributed by atoms with Gasteiger partial charge in [0, 0.05) is 34.1 Å². The number of aryl methyl sites for hydroxylation is 1. The Morgan fingerprint density at radius 3 is 1.24 bits per heavy atom. The van der Waals surface area contributed by atoms with Crippen molar-refractivity contribution in [2.24, 2.45) is 0 Å². The van der Waals surface area contributed by atoms with Gasteiger partial charge in [-0.25, -0.2) is 0 Å². The van der Waals surface area contributed by atoms with Crippen molar-refractivity contribution in [3.63, 3.8) is 0 Å². The first-order valence-electron chi connectivity index (χ1n) is 17.4. The fourth-order valence-corrected chi connectivity index (χ4v) is 6.57. The van der Waals surface area contributed by atoms with Gasteiger partial charge in [0.15, 0.2) is 0 Å². The van der Waals surface area contributed by atoms with Gasteiger partial charge in [-0.05, 0) is 113 Å². The number of benzene rings is 8. The Labute approximate surface area is 300 Å². The van der Waals surface area contributed by atoms with Crippen LogP contribution in [0.2, 0.25) is 0 Å². The van der Waals surface area contributed by atoms with Crippen LogP contribution >= 0.6 is 0 Å². The van der Waals surface area contributed by atoms with Gasteiger partial charge in [0.2, 0.25) is 0 Å². The highest BCUT2D eigenvalue weighted by molar-refractivity contribution is 5.89. The number of rotatable bonds is 9. The molecule has 0 saturated carbocycles. The van der Waals surface area contributed by atoms with Crippen LogP contribution in [0.1, 0.15) is 16.7 Å². The van der Waals surface area contributed by atoms with Crippen LogP contribution < -0.4 is 9.80 Å². The maximum Gasteiger partial charge on any atom is 0.0468 e. The number of para-hydroxylation sites is 2. The predicted octanol–water partition coefficient (Wildman–Crippen LogP) is 13.9. The zero-order chi connectivity index (χ0) is 34.4. The largest absolute Gasteiger partial charge is 0.311 e. The SMILES string of the molecule is Cc1ccc(N(c2ccc(-c3ccc(C=Cc4ccc(N(c5ccccc5)c5ccccc5)cc4)cc3)cc2)c2ccc3ccccc3c2)cc1. The fraction of sp³-hybridized carbons (Fsp3) is 0.0204. The minimum atomic E-state index is 1.12. The van der Waals surface area contributed by atoms with Gasteiger partial charge in [-0.2, -0.15) is 0 Å². The van der Waals surface area contributed by atoms with Crippen molar-refractivity contribution in [2.45, 2.75) is 6.92 Å². The lowest BCUT2D eigenvalue weighted by Crippen LogP contribution is -2.09. The molecule has 8 aromatic rings. The average molecular weight is 655 g/mol. The van der Waals surface area contributed by atoms with Crippen molar-refractivity contribution in [3.05, 3.63) is 217 Å². The molecule has 0 bridgehead atoms. The Morgan fingerprint density at radius 1 is 0.314 bits per heavy atom. The van der Waals surface area contributed by atoms with E-state index in [1.165, 1.54) is 27.5 Å². The molecule has 0 N–H and O–H groups in total. The summed E-state index contributed by atoms with van der Waals surface area (Å²) in [5, 5.41) is 2.47. The van der Waals surface area contributed by atoms with Crippen LogP contribution in [0.3, 0.4) is 0 Å². The van der Waals surface area contributed by atoms with E-state index in [1.54, 1.807) is 0 Å². The summed E-state index contributed by atoms with van der Waals surface area (Å²) in [5.41, 5.74) is 12.7. The summed E-state index contributed by atoms with van der Waals surface area (Å²) in [6, 6.07) is 71.4. The Bertz CT molecular complexity index is 2340. The van der Waals surface area contributed by atoms with Crippen molar-refractivity contribution in [1.29, 1.82) is 0 Å². The van der Waals surface area contributed by atoms with Gasteiger partial charge in [-0.3, -0.25) is 0 Å². The molecule has 2 nitrogen and oxygen atoms in total. The van der Waals surface area contributed by atoms with Gasteiger partial charge in [-0.1, -0.05) is 145 Å². The van der Waals surface area contributed by atoms with Crippen molar-refractivity contribution in [3.8, 4) is 11.1 Å². The smallest absolute Gasteiger partial charge is 0.0468 e. The summed E-state index contributed by atoms with van der Waals surface area (Å²) < 4.78 is 0. The quantitative estimate of drug-likeness (QED) is 0.143. The zero-order valence-electron chi connectivity index (χ0n) is 28.6.